The highest BCUT2D eigenvalue weighted by Crippen LogP contribution is 2.49. The number of esters is 1. The van der Waals surface area contributed by atoms with Gasteiger partial charge in [-0.05, 0) is 30.3 Å². The number of phenolic OH excluding ortho intramolecular Hbond substituents is 2. The van der Waals surface area contributed by atoms with Crippen molar-refractivity contribution in [3.63, 3.8) is 0 Å². The van der Waals surface area contributed by atoms with Gasteiger partial charge in [0.05, 0.1) is 18.4 Å². The number of nitrogens with one attached hydrogen (secondary N) is 1. The second-order valence-electron chi connectivity index (χ2n) is 7.20. The van der Waals surface area contributed by atoms with Crippen molar-refractivity contribution in [3.05, 3.63) is 82.9 Å². The third-order valence-corrected chi connectivity index (χ3v) is 5.16. The molecule has 1 heterocycles. The van der Waals surface area contributed by atoms with Gasteiger partial charge in [-0.25, -0.2) is 9.79 Å². The number of rotatable bonds is 5. The van der Waals surface area contributed by atoms with E-state index >= 15 is 0 Å². The van der Waals surface area contributed by atoms with E-state index in [-0.39, 0.29) is 28.8 Å². The molecule has 0 saturated heterocycles. The SMILES string of the molecule is COC=Nc1cc(C2(c3ccc(O)c(NC(C)=O)c3)OC(=O)c3ccccc32)ccc1O. The number of aromatic hydroxyl groups is 2. The lowest BCUT2D eigenvalue weighted by molar-refractivity contribution is -0.114. The first-order valence-corrected chi connectivity index (χ1v) is 9.69. The van der Waals surface area contributed by atoms with E-state index in [0.29, 0.717) is 22.3 Å². The van der Waals surface area contributed by atoms with E-state index in [0.717, 1.165) is 0 Å². The molecular weight excluding hydrogens is 412 g/mol. The largest absolute Gasteiger partial charge is 0.506 e. The van der Waals surface area contributed by atoms with Crippen LogP contribution in [0, 0.1) is 0 Å². The lowest BCUT2D eigenvalue weighted by Crippen LogP contribution is -2.29. The van der Waals surface area contributed by atoms with Gasteiger partial charge in [0, 0.05) is 23.6 Å². The third-order valence-electron chi connectivity index (χ3n) is 5.16. The summed E-state index contributed by atoms with van der Waals surface area (Å²) in [6, 6.07) is 16.2. The monoisotopic (exact) mass is 432 g/mol. The van der Waals surface area contributed by atoms with Crippen molar-refractivity contribution < 1.29 is 29.3 Å². The van der Waals surface area contributed by atoms with E-state index in [1.54, 1.807) is 48.5 Å². The molecule has 4 rings (SSSR count). The van der Waals surface area contributed by atoms with Gasteiger partial charge in [0.25, 0.3) is 0 Å². The second-order valence-corrected chi connectivity index (χ2v) is 7.20. The Bertz CT molecular complexity index is 1250. The van der Waals surface area contributed by atoms with Crippen molar-refractivity contribution in [3.8, 4) is 11.5 Å². The Morgan fingerprint density at radius 3 is 2.47 bits per heavy atom. The number of carbonyl (C=O) groups is 2. The van der Waals surface area contributed by atoms with Crippen LogP contribution in [0.5, 0.6) is 11.5 Å². The summed E-state index contributed by atoms with van der Waals surface area (Å²) in [6.07, 6.45) is 1.18. The number of carbonyl (C=O) groups excluding carboxylic acids is 2. The molecule has 1 aliphatic heterocycles. The summed E-state index contributed by atoms with van der Waals surface area (Å²) in [5.41, 5.74) is 0.949. The van der Waals surface area contributed by atoms with Crippen LogP contribution in [0.25, 0.3) is 0 Å². The van der Waals surface area contributed by atoms with E-state index in [1.165, 1.54) is 32.6 Å². The fraction of sp³-hybridized carbons (Fsp3) is 0.125. The zero-order chi connectivity index (χ0) is 22.9. The summed E-state index contributed by atoms with van der Waals surface area (Å²) in [6.45, 7) is 1.33. The van der Waals surface area contributed by atoms with Crippen LogP contribution >= 0.6 is 0 Å². The van der Waals surface area contributed by atoms with E-state index in [2.05, 4.69) is 10.3 Å². The molecule has 0 spiro atoms. The average molecular weight is 432 g/mol. The van der Waals surface area contributed by atoms with Crippen LogP contribution < -0.4 is 5.32 Å². The molecular formula is C24H20N2O6. The minimum atomic E-state index is -1.40. The van der Waals surface area contributed by atoms with Crippen LogP contribution in [0.1, 0.15) is 34.0 Å². The maximum atomic E-state index is 12.8. The Morgan fingerprint density at radius 1 is 1.06 bits per heavy atom. The Kier molecular flexibility index (Phi) is 5.28. The van der Waals surface area contributed by atoms with Crippen molar-refractivity contribution in [1.82, 2.24) is 0 Å². The molecule has 0 saturated carbocycles. The summed E-state index contributed by atoms with van der Waals surface area (Å²) in [5.74, 6) is -1.10. The predicted octanol–water partition coefficient (Wildman–Crippen LogP) is 3.82. The molecule has 1 unspecified atom stereocenters. The summed E-state index contributed by atoms with van der Waals surface area (Å²) in [5, 5.41) is 23.0. The standard InChI is InChI=1S/C24H20N2O6/c1-14(27)26-20-12-16(8-10-22(20)29)24(18-6-4-3-5-17(18)23(30)32-24)15-7-9-21(28)19(11-15)25-13-31-2/h3-13,28-29H,1-2H3,(H,26,27). The minimum absolute atomic E-state index is 0.0838. The van der Waals surface area contributed by atoms with Gasteiger partial charge < -0.3 is 25.0 Å². The number of amides is 1. The van der Waals surface area contributed by atoms with E-state index < -0.39 is 11.6 Å². The minimum Gasteiger partial charge on any atom is -0.506 e. The number of phenols is 2. The molecule has 3 aromatic rings. The number of aliphatic imine (C=N–C) groups is 1. The quantitative estimate of drug-likeness (QED) is 0.244. The predicted molar refractivity (Wildman–Crippen MR) is 117 cm³/mol. The number of anilines is 1. The number of hydrogen-bond acceptors (Lipinski definition) is 7. The van der Waals surface area contributed by atoms with Gasteiger partial charge in [-0.2, -0.15) is 0 Å². The van der Waals surface area contributed by atoms with Gasteiger partial charge in [-0.1, -0.05) is 30.3 Å². The fourth-order valence-corrected chi connectivity index (χ4v) is 3.81. The first-order chi connectivity index (χ1) is 15.4. The molecule has 0 aromatic heterocycles. The number of fused-ring (bicyclic) bond motifs is 1. The molecule has 0 bridgehead atoms. The number of benzene rings is 3. The van der Waals surface area contributed by atoms with Crippen molar-refractivity contribution in [1.29, 1.82) is 0 Å². The highest BCUT2D eigenvalue weighted by atomic mass is 16.6. The second kappa shape index (κ2) is 8.07. The first kappa shape index (κ1) is 20.9. The molecule has 3 N–H and O–H groups in total. The normalized spacial score (nSPS) is 17.1. The smallest absolute Gasteiger partial charge is 0.340 e. The summed E-state index contributed by atoms with van der Waals surface area (Å²) in [7, 11) is 1.43. The van der Waals surface area contributed by atoms with E-state index in [9.17, 15) is 19.8 Å². The summed E-state index contributed by atoms with van der Waals surface area (Å²) in [4.78, 5) is 28.6. The zero-order valence-electron chi connectivity index (χ0n) is 17.3. The molecule has 0 aliphatic carbocycles. The average Bonchev–Trinajstić information content (AvgIpc) is 3.08. The van der Waals surface area contributed by atoms with Gasteiger partial charge >= 0.3 is 5.97 Å². The highest BCUT2D eigenvalue weighted by Gasteiger charge is 2.49. The van der Waals surface area contributed by atoms with E-state index in [4.69, 9.17) is 9.47 Å². The molecule has 0 radical (unpaired) electrons. The number of nitrogens with zero attached hydrogens (tertiary/aromatic N) is 1. The van der Waals surface area contributed by atoms with Crippen LogP contribution in [0.2, 0.25) is 0 Å². The molecule has 162 valence electrons. The van der Waals surface area contributed by atoms with Gasteiger partial charge in [0.2, 0.25) is 5.91 Å². The van der Waals surface area contributed by atoms with Crippen LogP contribution in [-0.4, -0.2) is 35.6 Å². The fourth-order valence-electron chi connectivity index (χ4n) is 3.81. The molecule has 8 heteroatoms. The van der Waals surface area contributed by atoms with Crippen molar-refractivity contribution >= 4 is 29.7 Å². The summed E-state index contributed by atoms with van der Waals surface area (Å²) < 4.78 is 10.9. The molecule has 1 aliphatic rings. The van der Waals surface area contributed by atoms with Gasteiger partial charge in [0.15, 0.2) is 12.0 Å². The Labute approximate surface area is 183 Å². The van der Waals surface area contributed by atoms with Gasteiger partial charge in [-0.15, -0.1) is 0 Å². The third kappa shape index (κ3) is 3.41. The zero-order valence-corrected chi connectivity index (χ0v) is 17.3. The maximum absolute atomic E-state index is 12.8. The number of cyclic esters (lactones) is 1. The molecule has 1 amide bonds. The van der Waals surface area contributed by atoms with Crippen molar-refractivity contribution in [2.24, 2.45) is 4.99 Å². The topological polar surface area (TPSA) is 117 Å². The first-order valence-electron chi connectivity index (χ1n) is 9.69. The van der Waals surface area contributed by atoms with Crippen molar-refractivity contribution in [2.75, 3.05) is 12.4 Å². The van der Waals surface area contributed by atoms with Crippen LogP contribution in [0.15, 0.2) is 65.7 Å². The van der Waals surface area contributed by atoms with Crippen LogP contribution in [0.3, 0.4) is 0 Å². The Morgan fingerprint density at radius 2 is 1.75 bits per heavy atom. The molecule has 0 fully saturated rings. The number of methoxy groups -OCH3 is 1. The Hall–Kier alpha value is -4.33. The van der Waals surface area contributed by atoms with E-state index in [1.807, 2.05) is 0 Å². The van der Waals surface area contributed by atoms with Gasteiger partial charge in [0.1, 0.15) is 17.2 Å². The maximum Gasteiger partial charge on any atom is 0.340 e. The van der Waals surface area contributed by atoms with Crippen LogP contribution in [0.4, 0.5) is 11.4 Å². The van der Waals surface area contributed by atoms with Crippen LogP contribution in [-0.2, 0) is 19.9 Å². The molecule has 3 aromatic carbocycles. The Balaban J connectivity index is 2.01. The highest BCUT2D eigenvalue weighted by molar-refractivity contribution is 5.97. The summed E-state index contributed by atoms with van der Waals surface area (Å²) >= 11 is 0. The lowest BCUT2D eigenvalue weighted by Gasteiger charge is -2.31. The molecule has 1 atom stereocenters. The lowest BCUT2D eigenvalue weighted by atomic mass is 9.79. The molecule has 8 nitrogen and oxygen atoms in total. The number of ether oxygens (including phenoxy) is 2. The van der Waals surface area contributed by atoms with Gasteiger partial charge in [-0.3, -0.25) is 4.79 Å². The van der Waals surface area contributed by atoms with Crippen molar-refractivity contribution in [2.45, 2.75) is 12.5 Å². The number of hydrogen-bond donors (Lipinski definition) is 3. The molecule has 32 heavy (non-hydrogen) atoms.